The smallest absolute Gasteiger partial charge is 0.137 e. The van der Waals surface area contributed by atoms with E-state index >= 15 is 0 Å². The Morgan fingerprint density at radius 1 is 1.31 bits per heavy atom. The molecule has 13 heavy (non-hydrogen) atoms. The molecular formula is C10H11N3. The van der Waals surface area contributed by atoms with Crippen LogP contribution in [-0.4, -0.2) is 15.0 Å². The number of nitrogens with one attached hydrogen (secondary N) is 1. The first kappa shape index (κ1) is 7.98. The van der Waals surface area contributed by atoms with Crippen LogP contribution in [0, 0.1) is 0 Å². The van der Waals surface area contributed by atoms with Gasteiger partial charge in [0.15, 0.2) is 0 Å². The quantitative estimate of drug-likeness (QED) is 0.755. The zero-order valence-electron chi connectivity index (χ0n) is 7.49. The Kier molecular flexibility index (Phi) is 2.08. The molecule has 2 heterocycles. The summed E-state index contributed by atoms with van der Waals surface area (Å²) in [7, 11) is 0. The minimum absolute atomic E-state index is 0.916. The van der Waals surface area contributed by atoms with Crippen LogP contribution in [0.2, 0.25) is 0 Å². The largest absolute Gasteiger partial charge is 0.342 e. The number of aromatic amines is 1. The van der Waals surface area contributed by atoms with Crippen molar-refractivity contribution in [3.8, 4) is 11.4 Å². The average Bonchev–Trinajstić information content (AvgIpc) is 2.67. The lowest BCUT2D eigenvalue weighted by molar-refractivity contribution is 1.06. The molecule has 3 heteroatoms. The fraction of sp³-hybridized carbons (Fsp3) is 0.200. The van der Waals surface area contributed by atoms with Crippen molar-refractivity contribution in [2.75, 3.05) is 0 Å². The first-order chi connectivity index (χ1) is 6.40. The molecule has 0 fully saturated rings. The molecule has 0 aliphatic rings. The number of aromatic nitrogens is 3. The molecular weight excluding hydrogens is 162 g/mol. The molecule has 0 amide bonds. The van der Waals surface area contributed by atoms with E-state index in [1.165, 1.54) is 0 Å². The van der Waals surface area contributed by atoms with Gasteiger partial charge < -0.3 is 4.98 Å². The molecule has 0 unspecified atom stereocenters. The number of rotatable bonds is 2. The van der Waals surface area contributed by atoms with E-state index in [9.17, 15) is 0 Å². The van der Waals surface area contributed by atoms with Gasteiger partial charge in [-0.1, -0.05) is 6.92 Å². The van der Waals surface area contributed by atoms with Crippen LogP contribution in [0.4, 0.5) is 0 Å². The highest BCUT2D eigenvalue weighted by atomic mass is 14.9. The normalized spacial score (nSPS) is 10.2. The lowest BCUT2D eigenvalue weighted by Crippen LogP contribution is -1.82. The molecule has 2 aromatic heterocycles. The highest BCUT2D eigenvalue weighted by molar-refractivity contribution is 5.53. The number of nitrogens with zero attached hydrogens (tertiary/aromatic N) is 2. The molecule has 0 aliphatic carbocycles. The lowest BCUT2D eigenvalue weighted by atomic mass is 10.2. The van der Waals surface area contributed by atoms with E-state index in [0.29, 0.717) is 0 Å². The highest BCUT2D eigenvalue weighted by Gasteiger charge is 2.00. The third-order valence-electron chi connectivity index (χ3n) is 1.96. The second-order valence-corrected chi connectivity index (χ2v) is 2.85. The average molecular weight is 173 g/mol. The van der Waals surface area contributed by atoms with Gasteiger partial charge in [-0.15, -0.1) is 0 Å². The summed E-state index contributed by atoms with van der Waals surface area (Å²) in [5.74, 6) is 0.916. The van der Waals surface area contributed by atoms with Crippen molar-refractivity contribution in [2.45, 2.75) is 13.3 Å². The first-order valence-corrected chi connectivity index (χ1v) is 4.34. The second-order valence-electron chi connectivity index (χ2n) is 2.85. The minimum Gasteiger partial charge on any atom is -0.342 e. The molecule has 66 valence electrons. The van der Waals surface area contributed by atoms with E-state index in [1.807, 2.05) is 18.3 Å². The fourth-order valence-electron chi connectivity index (χ4n) is 1.20. The van der Waals surface area contributed by atoms with Crippen molar-refractivity contribution in [2.24, 2.45) is 0 Å². The maximum Gasteiger partial charge on any atom is 0.137 e. The first-order valence-electron chi connectivity index (χ1n) is 4.34. The standard InChI is InChI=1S/C10H11N3/c1-2-9-7-12-10(13-9)8-3-5-11-6-4-8/h3-7H,2H2,1H3,(H,12,13). The van der Waals surface area contributed by atoms with Crippen molar-refractivity contribution < 1.29 is 0 Å². The molecule has 0 spiro atoms. The van der Waals surface area contributed by atoms with E-state index < -0.39 is 0 Å². The Hall–Kier alpha value is -1.64. The predicted molar refractivity (Wildman–Crippen MR) is 51.2 cm³/mol. The Morgan fingerprint density at radius 2 is 2.08 bits per heavy atom. The molecule has 2 aromatic rings. The molecule has 0 aromatic carbocycles. The third-order valence-corrected chi connectivity index (χ3v) is 1.96. The van der Waals surface area contributed by atoms with Crippen LogP contribution in [-0.2, 0) is 6.42 Å². The minimum atomic E-state index is 0.916. The maximum atomic E-state index is 4.27. The van der Waals surface area contributed by atoms with Gasteiger partial charge >= 0.3 is 0 Å². The molecule has 3 nitrogen and oxygen atoms in total. The Bertz CT molecular complexity index is 378. The molecule has 0 saturated carbocycles. The van der Waals surface area contributed by atoms with Crippen LogP contribution in [0.5, 0.6) is 0 Å². The van der Waals surface area contributed by atoms with Gasteiger partial charge in [0.1, 0.15) is 5.82 Å². The van der Waals surface area contributed by atoms with E-state index in [2.05, 4.69) is 21.9 Å². The van der Waals surface area contributed by atoms with Crippen LogP contribution in [0.15, 0.2) is 30.7 Å². The SMILES string of the molecule is CCc1cnc(-c2ccncc2)[nH]1. The topological polar surface area (TPSA) is 41.6 Å². The Labute approximate surface area is 76.9 Å². The monoisotopic (exact) mass is 173 g/mol. The number of hydrogen-bond acceptors (Lipinski definition) is 2. The van der Waals surface area contributed by atoms with Gasteiger partial charge in [0.25, 0.3) is 0 Å². The number of aryl methyl sites for hydroxylation is 1. The zero-order chi connectivity index (χ0) is 9.10. The highest BCUT2D eigenvalue weighted by Crippen LogP contribution is 2.13. The number of imidazole rings is 1. The summed E-state index contributed by atoms with van der Waals surface area (Å²) in [6, 6.07) is 3.89. The summed E-state index contributed by atoms with van der Waals surface area (Å²) < 4.78 is 0. The number of pyridine rings is 1. The predicted octanol–water partition coefficient (Wildman–Crippen LogP) is 2.03. The van der Waals surface area contributed by atoms with Crippen molar-refractivity contribution in [1.82, 2.24) is 15.0 Å². The molecule has 0 saturated heterocycles. The second kappa shape index (κ2) is 3.39. The number of hydrogen-bond donors (Lipinski definition) is 1. The summed E-state index contributed by atoms with van der Waals surface area (Å²) in [6.45, 7) is 2.10. The molecule has 2 rings (SSSR count). The van der Waals surface area contributed by atoms with Gasteiger partial charge in [-0.05, 0) is 18.6 Å². The van der Waals surface area contributed by atoms with Gasteiger partial charge in [-0.25, -0.2) is 4.98 Å². The van der Waals surface area contributed by atoms with Crippen molar-refractivity contribution in [3.63, 3.8) is 0 Å². The van der Waals surface area contributed by atoms with Crippen LogP contribution in [0.25, 0.3) is 11.4 Å². The van der Waals surface area contributed by atoms with Gasteiger partial charge in [0, 0.05) is 29.8 Å². The van der Waals surface area contributed by atoms with Crippen LogP contribution < -0.4 is 0 Å². The van der Waals surface area contributed by atoms with Gasteiger partial charge in [-0.3, -0.25) is 4.98 Å². The van der Waals surface area contributed by atoms with Crippen LogP contribution in [0.1, 0.15) is 12.6 Å². The van der Waals surface area contributed by atoms with Crippen molar-refractivity contribution >= 4 is 0 Å². The van der Waals surface area contributed by atoms with Crippen LogP contribution in [0.3, 0.4) is 0 Å². The van der Waals surface area contributed by atoms with Crippen LogP contribution >= 0.6 is 0 Å². The summed E-state index contributed by atoms with van der Waals surface area (Å²) >= 11 is 0. The summed E-state index contributed by atoms with van der Waals surface area (Å²) in [4.78, 5) is 11.5. The van der Waals surface area contributed by atoms with Gasteiger partial charge in [0.05, 0.1) is 0 Å². The van der Waals surface area contributed by atoms with Crippen molar-refractivity contribution in [1.29, 1.82) is 0 Å². The lowest BCUT2D eigenvalue weighted by Gasteiger charge is -1.93. The Morgan fingerprint density at radius 3 is 2.69 bits per heavy atom. The summed E-state index contributed by atoms with van der Waals surface area (Å²) in [5, 5.41) is 0. The van der Waals surface area contributed by atoms with E-state index in [1.54, 1.807) is 12.4 Å². The summed E-state index contributed by atoms with van der Waals surface area (Å²) in [5.41, 5.74) is 2.24. The third kappa shape index (κ3) is 1.59. The number of H-pyrrole nitrogens is 1. The fourth-order valence-corrected chi connectivity index (χ4v) is 1.20. The maximum absolute atomic E-state index is 4.27. The molecule has 0 atom stereocenters. The molecule has 1 N–H and O–H groups in total. The van der Waals surface area contributed by atoms with Gasteiger partial charge in [0.2, 0.25) is 0 Å². The zero-order valence-corrected chi connectivity index (χ0v) is 7.49. The van der Waals surface area contributed by atoms with Crippen molar-refractivity contribution in [3.05, 3.63) is 36.4 Å². The molecule has 0 radical (unpaired) electrons. The Balaban J connectivity index is 2.36. The van der Waals surface area contributed by atoms with E-state index in [4.69, 9.17) is 0 Å². The van der Waals surface area contributed by atoms with E-state index in [0.717, 1.165) is 23.5 Å². The van der Waals surface area contributed by atoms with Gasteiger partial charge in [-0.2, -0.15) is 0 Å². The molecule has 0 bridgehead atoms. The molecule has 0 aliphatic heterocycles. The van der Waals surface area contributed by atoms with E-state index in [-0.39, 0.29) is 0 Å². The summed E-state index contributed by atoms with van der Waals surface area (Å²) in [6.07, 6.45) is 6.39.